The van der Waals surface area contributed by atoms with Crippen molar-refractivity contribution in [2.24, 2.45) is 5.10 Å². The molecule has 1 fully saturated rings. The Labute approximate surface area is 162 Å². The number of benzene rings is 1. The highest BCUT2D eigenvalue weighted by Gasteiger charge is 2.37. The molecule has 0 bridgehead atoms. The Morgan fingerprint density at radius 1 is 1.32 bits per heavy atom. The van der Waals surface area contributed by atoms with Crippen LogP contribution >= 0.6 is 0 Å². The van der Waals surface area contributed by atoms with Gasteiger partial charge in [-0.2, -0.15) is 5.10 Å². The van der Waals surface area contributed by atoms with Crippen LogP contribution in [0.2, 0.25) is 0 Å². The smallest absolute Gasteiger partial charge is 0.269 e. The van der Waals surface area contributed by atoms with Gasteiger partial charge in [-0.25, -0.2) is 17.8 Å². The maximum Gasteiger partial charge on any atom is 0.269 e. The van der Waals surface area contributed by atoms with Crippen molar-refractivity contribution in [3.8, 4) is 5.75 Å². The summed E-state index contributed by atoms with van der Waals surface area (Å²) in [6.45, 7) is 0.492. The summed E-state index contributed by atoms with van der Waals surface area (Å²) in [5.41, 5.74) is 0.230. The zero-order valence-corrected chi connectivity index (χ0v) is 16.3. The Kier molecular flexibility index (Phi) is 5.97. The van der Waals surface area contributed by atoms with Gasteiger partial charge in [0, 0.05) is 19.9 Å². The summed E-state index contributed by atoms with van der Waals surface area (Å²) in [4.78, 5) is 26.2. The van der Waals surface area contributed by atoms with E-state index in [0.29, 0.717) is 12.2 Å². The molecule has 0 aromatic heterocycles. The van der Waals surface area contributed by atoms with Crippen molar-refractivity contribution in [3.63, 3.8) is 0 Å². The number of likely N-dealkylation sites (N-methyl/N-ethyl adjacent to an activating group) is 1. The normalized spacial score (nSPS) is 21.4. The average molecular weight is 411 g/mol. The number of hydrogen-bond donors (Lipinski definition) is 0. The lowest BCUT2D eigenvalue weighted by atomic mass is 10.1. The third-order valence-corrected chi connectivity index (χ3v) is 6.47. The van der Waals surface area contributed by atoms with Gasteiger partial charge in [-0.05, 0) is 30.7 Å². The maximum absolute atomic E-state index is 12.9. The first-order valence-electron chi connectivity index (χ1n) is 8.99. The van der Waals surface area contributed by atoms with Gasteiger partial charge in [-0.3, -0.25) is 9.59 Å². The van der Waals surface area contributed by atoms with Gasteiger partial charge in [0.2, 0.25) is 5.91 Å². The molecule has 1 aromatic carbocycles. The molecule has 28 heavy (non-hydrogen) atoms. The minimum Gasteiger partial charge on any atom is -0.492 e. The van der Waals surface area contributed by atoms with Crippen LogP contribution in [0.25, 0.3) is 0 Å². The number of hydrogen-bond acceptors (Lipinski definition) is 6. The minimum atomic E-state index is -3.16. The van der Waals surface area contributed by atoms with E-state index in [0.717, 1.165) is 0 Å². The number of halogens is 1. The number of hydrazone groups is 1. The summed E-state index contributed by atoms with van der Waals surface area (Å²) in [7, 11) is -1.56. The lowest BCUT2D eigenvalue weighted by molar-refractivity contribution is -0.134. The van der Waals surface area contributed by atoms with Crippen LogP contribution in [0.1, 0.15) is 19.3 Å². The fourth-order valence-corrected chi connectivity index (χ4v) is 4.82. The molecular formula is C18H22FN3O5S. The van der Waals surface area contributed by atoms with E-state index in [-0.39, 0.29) is 60.8 Å². The number of ether oxygens (including phenoxy) is 1. The highest BCUT2D eigenvalue weighted by atomic mass is 32.2. The summed E-state index contributed by atoms with van der Waals surface area (Å²) in [5, 5.41) is 5.34. The van der Waals surface area contributed by atoms with E-state index in [1.165, 1.54) is 34.2 Å². The SMILES string of the molecule is CN(CCOc1ccc(F)cc1)C(=O)C1=NN(C2CCS(=O)(=O)C2)C(=O)CC1. The number of sulfone groups is 1. The molecule has 2 aliphatic rings. The molecule has 0 radical (unpaired) electrons. The molecule has 1 unspecified atom stereocenters. The topological polar surface area (TPSA) is 96.3 Å². The van der Waals surface area contributed by atoms with Gasteiger partial charge in [-0.1, -0.05) is 0 Å². The number of carbonyl (C=O) groups excluding carboxylic acids is 2. The molecule has 1 saturated heterocycles. The van der Waals surface area contributed by atoms with Crippen LogP contribution < -0.4 is 4.74 Å². The quantitative estimate of drug-likeness (QED) is 0.691. The van der Waals surface area contributed by atoms with Gasteiger partial charge in [0.25, 0.3) is 5.91 Å². The fraction of sp³-hybridized carbons (Fsp3) is 0.500. The van der Waals surface area contributed by atoms with E-state index in [4.69, 9.17) is 4.74 Å². The summed E-state index contributed by atoms with van der Waals surface area (Å²) >= 11 is 0. The van der Waals surface area contributed by atoms with E-state index < -0.39 is 15.9 Å². The number of amides is 2. The van der Waals surface area contributed by atoms with Crippen LogP contribution in [0.4, 0.5) is 4.39 Å². The Morgan fingerprint density at radius 2 is 2.04 bits per heavy atom. The zero-order valence-electron chi connectivity index (χ0n) is 15.5. The van der Waals surface area contributed by atoms with Crippen LogP contribution in [0.15, 0.2) is 29.4 Å². The monoisotopic (exact) mass is 411 g/mol. The Morgan fingerprint density at radius 3 is 2.68 bits per heavy atom. The molecule has 1 aromatic rings. The second-order valence-corrected chi connectivity index (χ2v) is 9.10. The lowest BCUT2D eigenvalue weighted by Gasteiger charge is -2.28. The zero-order chi connectivity index (χ0) is 20.3. The molecule has 3 rings (SSSR count). The van der Waals surface area contributed by atoms with Gasteiger partial charge >= 0.3 is 0 Å². The second-order valence-electron chi connectivity index (χ2n) is 6.87. The number of nitrogens with zero attached hydrogens (tertiary/aromatic N) is 3. The summed E-state index contributed by atoms with van der Waals surface area (Å²) in [6, 6.07) is 5.07. The van der Waals surface area contributed by atoms with Crippen LogP contribution in [0, 0.1) is 5.82 Å². The lowest BCUT2D eigenvalue weighted by Crippen LogP contribution is -2.44. The first-order chi connectivity index (χ1) is 13.2. The van der Waals surface area contributed by atoms with E-state index >= 15 is 0 Å². The van der Waals surface area contributed by atoms with Crippen molar-refractivity contribution in [1.29, 1.82) is 0 Å². The maximum atomic E-state index is 12.9. The largest absolute Gasteiger partial charge is 0.492 e. The molecular weight excluding hydrogens is 389 g/mol. The first kappa shape index (κ1) is 20.2. The van der Waals surface area contributed by atoms with E-state index in [2.05, 4.69) is 5.10 Å². The number of rotatable bonds is 6. The molecule has 2 amide bonds. The highest BCUT2D eigenvalue weighted by molar-refractivity contribution is 7.91. The minimum absolute atomic E-state index is 0.0286. The highest BCUT2D eigenvalue weighted by Crippen LogP contribution is 2.22. The predicted molar refractivity (Wildman–Crippen MR) is 100 cm³/mol. The van der Waals surface area contributed by atoms with Gasteiger partial charge in [0.1, 0.15) is 23.9 Å². The molecule has 152 valence electrons. The molecule has 0 aliphatic carbocycles. The molecule has 2 aliphatic heterocycles. The molecule has 1 atom stereocenters. The molecule has 0 N–H and O–H groups in total. The molecule has 8 nitrogen and oxygen atoms in total. The van der Waals surface area contributed by atoms with Gasteiger partial charge in [0.05, 0.1) is 24.1 Å². The van der Waals surface area contributed by atoms with Crippen molar-refractivity contribution in [3.05, 3.63) is 30.1 Å². The van der Waals surface area contributed by atoms with E-state index in [9.17, 15) is 22.4 Å². The van der Waals surface area contributed by atoms with Gasteiger partial charge in [0.15, 0.2) is 9.84 Å². The van der Waals surface area contributed by atoms with Crippen molar-refractivity contribution >= 4 is 27.4 Å². The van der Waals surface area contributed by atoms with Crippen molar-refractivity contribution in [1.82, 2.24) is 9.91 Å². The molecule has 0 saturated carbocycles. The van der Waals surface area contributed by atoms with Crippen molar-refractivity contribution in [2.75, 3.05) is 31.7 Å². The standard InChI is InChI=1S/C18H22FN3O5S/c1-21(9-10-27-15-4-2-13(19)3-5-15)18(24)16-6-7-17(23)22(20-16)14-8-11-28(25,26)12-14/h2-5,14H,6-12H2,1H3. The molecule has 0 spiro atoms. The summed E-state index contributed by atoms with van der Waals surface area (Å²) in [5.74, 6) is -0.547. The third kappa shape index (κ3) is 4.86. The second kappa shape index (κ2) is 8.26. The van der Waals surface area contributed by atoms with Crippen LogP contribution in [0.5, 0.6) is 5.75 Å². The number of carbonyl (C=O) groups is 2. The fourth-order valence-electron chi connectivity index (χ4n) is 3.13. The van der Waals surface area contributed by atoms with Crippen molar-refractivity contribution in [2.45, 2.75) is 25.3 Å². The Balaban J connectivity index is 1.58. The Hall–Kier alpha value is -2.49. The van der Waals surface area contributed by atoms with Crippen LogP contribution in [0.3, 0.4) is 0 Å². The van der Waals surface area contributed by atoms with Gasteiger partial charge < -0.3 is 9.64 Å². The molecule has 2 heterocycles. The molecule has 10 heteroatoms. The third-order valence-electron chi connectivity index (χ3n) is 4.72. The summed E-state index contributed by atoms with van der Waals surface area (Å²) < 4.78 is 41.7. The Bertz CT molecular complexity index is 885. The first-order valence-corrected chi connectivity index (χ1v) is 10.8. The van der Waals surface area contributed by atoms with Crippen LogP contribution in [-0.4, -0.2) is 73.6 Å². The average Bonchev–Trinajstić information content (AvgIpc) is 3.02. The van der Waals surface area contributed by atoms with Crippen LogP contribution in [-0.2, 0) is 19.4 Å². The van der Waals surface area contributed by atoms with E-state index in [1.807, 2.05) is 0 Å². The van der Waals surface area contributed by atoms with E-state index in [1.54, 1.807) is 7.05 Å². The predicted octanol–water partition coefficient (Wildman–Crippen LogP) is 0.828. The summed E-state index contributed by atoms with van der Waals surface area (Å²) in [6.07, 6.45) is 0.679. The van der Waals surface area contributed by atoms with Crippen molar-refractivity contribution < 1.29 is 27.1 Å². The van der Waals surface area contributed by atoms with Gasteiger partial charge in [-0.15, -0.1) is 0 Å².